The summed E-state index contributed by atoms with van der Waals surface area (Å²) in [4.78, 5) is 11.1. The van der Waals surface area contributed by atoms with Crippen LogP contribution in [0.25, 0.3) is 0 Å². The van der Waals surface area contributed by atoms with E-state index in [1.54, 1.807) is 6.92 Å². The van der Waals surface area contributed by atoms with Gasteiger partial charge in [-0.2, -0.15) is 0 Å². The van der Waals surface area contributed by atoms with Gasteiger partial charge in [0, 0.05) is 13.0 Å². The molecule has 2 atom stereocenters. The first-order chi connectivity index (χ1) is 6.56. The highest BCUT2D eigenvalue weighted by Crippen LogP contribution is 1.97. The van der Waals surface area contributed by atoms with Crippen LogP contribution in [0.2, 0.25) is 0 Å². The molecule has 4 nitrogen and oxygen atoms in total. The van der Waals surface area contributed by atoms with Crippen molar-refractivity contribution in [3.8, 4) is 0 Å². The quantitative estimate of drug-likeness (QED) is 0.562. The van der Waals surface area contributed by atoms with E-state index in [1.165, 1.54) is 0 Å². The van der Waals surface area contributed by atoms with Crippen molar-refractivity contribution >= 4 is 5.91 Å². The molecule has 0 aromatic rings. The van der Waals surface area contributed by atoms with E-state index >= 15 is 0 Å². The molecule has 0 spiro atoms. The predicted octanol–water partition coefficient (Wildman–Crippen LogP) is 0.425. The van der Waals surface area contributed by atoms with Crippen molar-refractivity contribution in [3.05, 3.63) is 0 Å². The highest BCUT2D eigenvalue weighted by Gasteiger charge is 2.05. The van der Waals surface area contributed by atoms with Crippen LogP contribution in [-0.4, -0.2) is 34.9 Å². The molecule has 0 saturated heterocycles. The maximum Gasteiger partial charge on any atom is 0.220 e. The summed E-state index contributed by atoms with van der Waals surface area (Å²) in [6.45, 7) is 4.07. The lowest BCUT2D eigenvalue weighted by Crippen LogP contribution is -2.27. The van der Waals surface area contributed by atoms with Crippen LogP contribution >= 0.6 is 0 Å². The first kappa shape index (κ1) is 13.4. The molecule has 0 bridgehead atoms. The van der Waals surface area contributed by atoms with E-state index in [0.29, 0.717) is 32.2 Å². The number of aliphatic hydroxyl groups excluding tert-OH is 2. The maximum atomic E-state index is 11.1. The minimum atomic E-state index is -0.429. The summed E-state index contributed by atoms with van der Waals surface area (Å²) in [5, 5.41) is 20.8. The molecule has 0 saturated carbocycles. The van der Waals surface area contributed by atoms with Crippen molar-refractivity contribution in [3.63, 3.8) is 0 Å². The SMILES string of the molecule is CCC(O)CCNC(=O)CCC(C)O. The zero-order chi connectivity index (χ0) is 11.0. The van der Waals surface area contributed by atoms with E-state index in [2.05, 4.69) is 5.32 Å². The summed E-state index contributed by atoms with van der Waals surface area (Å²) in [6.07, 6.45) is 1.39. The molecule has 0 heterocycles. The van der Waals surface area contributed by atoms with Crippen LogP contribution in [0.1, 0.15) is 39.5 Å². The van der Waals surface area contributed by atoms with Crippen LogP contribution in [0, 0.1) is 0 Å². The first-order valence-electron chi connectivity index (χ1n) is 5.19. The van der Waals surface area contributed by atoms with Crippen molar-refractivity contribution in [2.45, 2.75) is 51.7 Å². The van der Waals surface area contributed by atoms with Crippen LogP contribution in [0.3, 0.4) is 0 Å². The molecule has 4 heteroatoms. The van der Waals surface area contributed by atoms with Gasteiger partial charge in [0.15, 0.2) is 0 Å². The lowest BCUT2D eigenvalue weighted by atomic mass is 10.2. The second-order valence-electron chi connectivity index (χ2n) is 3.59. The summed E-state index contributed by atoms with van der Waals surface area (Å²) < 4.78 is 0. The highest BCUT2D eigenvalue weighted by molar-refractivity contribution is 5.75. The smallest absolute Gasteiger partial charge is 0.220 e. The third-order valence-corrected chi connectivity index (χ3v) is 2.06. The maximum absolute atomic E-state index is 11.1. The van der Waals surface area contributed by atoms with Gasteiger partial charge in [0.2, 0.25) is 5.91 Å². The summed E-state index contributed by atoms with van der Waals surface area (Å²) >= 11 is 0. The first-order valence-corrected chi connectivity index (χ1v) is 5.19. The van der Waals surface area contributed by atoms with Gasteiger partial charge < -0.3 is 15.5 Å². The lowest BCUT2D eigenvalue weighted by molar-refractivity contribution is -0.121. The molecule has 0 aromatic carbocycles. The Bertz CT molecular complexity index is 159. The predicted molar refractivity (Wildman–Crippen MR) is 54.8 cm³/mol. The topological polar surface area (TPSA) is 69.6 Å². The lowest BCUT2D eigenvalue weighted by Gasteiger charge is -2.09. The Morgan fingerprint density at radius 3 is 2.50 bits per heavy atom. The van der Waals surface area contributed by atoms with Gasteiger partial charge >= 0.3 is 0 Å². The van der Waals surface area contributed by atoms with Crippen molar-refractivity contribution < 1.29 is 15.0 Å². The largest absolute Gasteiger partial charge is 0.393 e. The average Bonchev–Trinajstić information content (AvgIpc) is 2.14. The van der Waals surface area contributed by atoms with Crippen LogP contribution in [0.15, 0.2) is 0 Å². The van der Waals surface area contributed by atoms with Gasteiger partial charge in [0.25, 0.3) is 0 Å². The van der Waals surface area contributed by atoms with Crippen LogP contribution in [0.4, 0.5) is 0 Å². The Kier molecular flexibility index (Phi) is 7.42. The molecular weight excluding hydrogens is 182 g/mol. The van der Waals surface area contributed by atoms with Gasteiger partial charge in [-0.15, -0.1) is 0 Å². The molecule has 0 aliphatic carbocycles. The Labute approximate surface area is 85.3 Å². The number of nitrogens with one attached hydrogen (secondary N) is 1. The van der Waals surface area contributed by atoms with Crippen molar-refractivity contribution in [2.24, 2.45) is 0 Å². The Morgan fingerprint density at radius 1 is 1.36 bits per heavy atom. The zero-order valence-electron chi connectivity index (χ0n) is 8.99. The van der Waals surface area contributed by atoms with Gasteiger partial charge in [-0.3, -0.25) is 4.79 Å². The molecule has 2 unspecified atom stereocenters. The summed E-state index contributed by atoms with van der Waals surface area (Å²) in [7, 11) is 0. The molecular formula is C10H21NO3. The van der Waals surface area contributed by atoms with Crippen molar-refractivity contribution in [2.75, 3.05) is 6.54 Å². The number of rotatable bonds is 7. The number of carbonyl (C=O) groups excluding carboxylic acids is 1. The van der Waals surface area contributed by atoms with Crippen molar-refractivity contribution in [1.29, 1.82) is 0 Å². The van der Waals surface area contributed by atoms with E-state index in [-0.39, 0.29) is 12.0 Å². The van der Waals surface area contributed by atoms with Crippen LogP contribution in [0.5, 0.6) is 0 Å². The van der Waals surface area contributed by atoms with Gasteiger partial charge in [-0.25, -0.2) is 0 Å². The molecule has 0 aliphatic heterocycles. The number of hydrogen-bond donors (Lipinski definition) is 3. The van der Waals surface area contributed by atoms with Crippen LogP contribution < -0.4 is 5.32 Å². The second-order valence-corrected chi connectivity index (χ2v) is 3.59. The number of hydrogen-bond acceptors (Lipinski definition) is 3. The monoisotopic (exact) mass is 203 g/mol. The highest BCUT2D eigenvalue weighted by atomic mass is 16.3. The molecule has 3 N–H and O–H groups in total. The molecule has 84 valence electrons. The second kappa shape index (κ2) is 7.76. The third-order valence-electron chi connectivity index (χ3n) is 2.06. The molecule has 0 fully saturated rings. The Balaban J connectivity index is 3.35. The Hall–Kier alpha value is -0.610. The third kappa shape index (κ3) is 8.01. The molecule has 0 radical (unpaired) electrons. The normalized spacial score (nSPS) is 14.9. The van der Waals surface area contributed by atoms with E-state index in [1.807, 2.05) is 6.92 Å². The fraction of sp³-hybridized carbons (Fsp3) is 0.900. The van der Waals surface area contributed by atoms with E-state index in [9.17, 15) is 9.90 Å². The number of amides is 1. The molecule has 0 aromatic heterocycles. The fourth-order valence-electron chi connectivity index (χ4n) is 1.01. The van der Waals surface area contributed by atoms with E-state index < -0.39 is 6.10 Å². The van der Waals surface area contributed by atoms with Gasteiger partial charge in [-0.05, 0) is 26.2 Å². The van der Waals surface area contributed by atoms with Crippen LogP contribution in [-0.2, 0) is 4.79 Å². The summed E-state index contributed by atoms with van der Waals surface area (Å²) in [5.41, 5.74) is 0. The standard InChI is InChI=1S/C10H21NO3/c1-3-9(13)6-7-11-10(14)5-4-8(2)12/h8-9,12-13H,3-7H2,1-2H3,(H,11,14). The fourth-order valence-corrected chi connectivity index (χ4v) is 1.01. The summed E-state index contributed by atoms with van der Waals surface area (Å²) in [5.74, 6) is -0.0609. The van der Waals surface area contributed by atoms with Crippen molar-refractivity contribution in [1.82, 2.24) is 5.32 Å². The number of carbonyl (C=O) groups is 1. The molecule has 0 aliphatic rings. The molecule has 14 heavy (non-hydrogen) atoms. The van der Waals surface area contributed by atoms with Gasteiger partial charge in [0.05, 0.1) is 12.2 Å². The minimum Gasteiger partial charge on any atom is -0.393 e. The van der Waals surface area contributed by atoms with Gasteiger partial charge in [0.1, 0.15) is 0 Å². The van der Waals surface area contributed by atoms with Gasteiger partial charge in [-0.1, -0.05) is 6.92 Å². The average molecular weight is 203 g/mol. The van der Waals surface area contributed by atoms with E-state index in [0.717, 1.165) is 0 Å². The zero-order valence-corrected chi connectivity index (χ0v) is 8.99. The number of aliphatic hydroxyl groups is 2. The summed E-state index contributed by atoms with van der Waals surface area (Å²) in [6, 6.07) is 0. The minimum absolute atomic E-state index is 0.0609. The van der Waals surface area contributed by atoms with E-state index in [4.69, 9.17) is 5.11 Å². The molecule has 1 amide bonds. The Morgan fingerprint density at radius 2 is 2.00 bits per heavy atom. The molecule has 0 rings (SSSR count).